The first-order valence-corrected chi connectivity index (χ1v) is 11.0. The number of amides is 1. The summed E-state index contributed by atoms with van der Waals surface area (Å²) in [7, 11) is 1.77. The molecule has 1 amide bonds. The van der Waals surface area contributed by atoms with Crippen molar-refractivity contribution in [3.63, 3.8) is 0 Å². The van der Waals surface area contributed by atoms with Crippen LogP contribution in [0.2, 0.25) is 0 Å². The third kappa shape index (κ3) is 4.46. The highest BCUT2D eigenvalue weighted by Crippen LogP contribution is 2.29. The van der Waals surface area contributed by atoms with Gasteiger partial charge in [-0.3, -0.25) is 9.59 Å². The highest BCUT2D eigenvalue weighted by atomic mass is 19.4. The minimum absolute atomic E-state index is 0.186. The topological polar surface area (TPSA) is 109 Å². The number of carbonyl (C=O) groups is 1. The summed E-state index contributed by atoms with van der Waals surface area (Å²) < 4.78 is 45.8. The van der Waals surface area contributed by atoms with Crippen molar-refractivity contribution >= 4 is 22.8 Å². The van der Waals surface area contributed by atoms with E-state index in [9.17, 15) is 22.8 Å². The Morgan fingerprint density at radius 2 is 1.81 bits per heavy atom. The number of carbonyl (C=O) groups excluding carboxylic acids is 1. The number of rotatable bonds is 4. The van der Waals surface area contributed by atoms with Crippen LogP contribution >= 0.6 is 0 Å². The zero-order valence-electron chi connectivity index (χ0n) is 19.0. The summed E-state index contributed by atoms with van der Waals surface area (Å²) in [6.45, 7) is 1.44. The number of aromatic nitrogens is 5. The number of anilines is 1. The van der Waals surface area contributed by atoms with Crippen molar-refractivity contribution in [3.8, 4) is 11.6 Å². The lowest BCUT2D eigenvalue weighted by molar-refractivity contribution is -0.138. The average molecular weight is 499 g/mol. The Kier molecular flexibility index (Phi) is 5.82. The van der Waals surface area contributed by atoms with Crippen LogP contribution in [-0.2, 0) is 13.2 Å². The molecule has 1 N–H and O–H groups in total. The smallest absolute Gasteiger partial charge is 0.419 e. The molecule has 0 atom stereocenters. The van der Waals surface area contributed by atoms with Gasteiger partial charge in [-0.25, -0.2) is 15.1 Å². The number of aromatic amines is 1. The van der Waals surface area contributed by atoms with Gasteiger partial charge in [0.15, 0.2) is 0 Å². The molecular formula is C23H20F3N7O3. The molecule has 10 nitrogen and oxygen atoms in total. The van der Waals surface area contributed by atoms with Gasteiger partial charge < -0.3 is 19.1 Å². The van der Waals surface area contributed by atoms with Crippen molar-refractivity contribution in [2.24, 2.45) is 7.05 Å². The molecule has 13 heteroatoms. The van der Waals surface area contributed by atoms with E-state index in [4.69, 9.17) is 4.74 Å². The Labute approximate surface area is 201 Å². The number of alkyl halides is 3. The molecule has 0 unspecified atom stereocenters. The molecule has 1 aliphatic rings. The van der Waals surface area contributed by atoms with E-state index < -0.39 is 11.7 Å². The predicted octanol–water partition coefficient (Wildman–Crippen LogP) is 2.83. The predicted molar refractivity (Wildman–Crippen MR) is 123 cm³/mol. The summed E-state index contributed by atoms with van der Waals surface area (Å²) in [6.07, 6.45) is -1.26. The largest absolute Gasteiger partial charge is 0.436 e. The van der Waals surface area contributed by atoms with Crippen molar-refractivity contribution in [3.05, 3.63) is 70.4 Å². The summed E-state index contributed by atoms with van der Waals surface area (Å²) in [5.74, 6) is 0.546. The number of nitrogens with one attached hydrogen (secondary N) is 1. The monoisotopic (exact) mass is 499 g/mol. The van der Waals surface area contributed by atoms with Gasteiger partial charge in [0.05, 0.1) is 10.9 Å². The van der Waals surface area contributed by atoms with Gasteiger partial charge in [0.1, 0.15) is 11.3 Å². The van der Waals surface area contributed by atoms with Crippen LogP contribution in [0.15, 0.2) is 53.7 Å². The normalized spacial score (nSPS) is 14.3. The molecule has 3 aromatic heterocycles. The molecule has 1 fully saturated rings. The lowest BCUT2D eigenvalue weighted by Gasteiger charge is -2.34. The van der Waals surface area contributed by atoms with Crippen LogP contribution in [-0.4, -0.2) is 61.7 Å². The van der Waals surface area contributed by atoms with E-state index in [-0.39, 0.29) is 23.3 Å². The minimum Gasteiger partial charge on any atom is -0.436 e. The molecule has 0 bridgehead atoms. The van der Waals surface area contributed by atoms with Crippen LogP contribution in [0, 0.1) is 0 Å². The molecule has 0 spiro atoms. The second-order valence-electron chi connectivity index (χ2n) is 8.23. The van der Waals surface area contributed by atoms with Gasteiger partial charge in [-0.15, -0.1) is 5.10 Å². The number of aryl methyl sites for hydroxylation is 1. The highest BCUT2D eigenvalue weighted by Gasteiger charge is 2.32. The first-order chi connectivity index (χ1) is 17.2. The molecular weight excluding hydrogens is 479 g/mol. The number of fused-ring (bicyclic) bond motifs is 1. The SMILES string of the molecule is Cn1ccc2c(=O)[nH]nc(Oc3cccc(C(=O)N4CCN(c5ncc(C(F)(F)F)cn5)CC4)c3)c21. The maximum atomic E-state index is 13.1. The van der Waals surface area contributed by atoms with E-state index in [2.05, 4.69) is 20.2 Å². The fourth-order valence-corrected chi connectivity index (χ4v) is 3.99. The molecule has 186 valence electrons. The Morgan fingerprint density at radius 3 is 2.50 bits per heavy atom. The number of ether oxygens (including phenoxy) is 1. The Balaban J connectivity index is 1.27. The van der Waals surface area contributed by atoms with Gasteiger partial charge in [0.2, 0.25) is 5.95 Å². The summed E-state index contributed by atoms with van der Waals surface area (Å²) in [5.41, 5.74) is -0.314. The van der Waals surface area contributed by atoms with E-state index >= 15 is 0 Å². The summed E-state index contributed by atoms with van der Waals surface area (Å²) >= 11 is 0. The lowest BCUT2D eigenvalue weighted by atomic mass is 10.1. The molecule has 1 aromatic carbocycles. The lowest BCUT2D eigenvalue weighted by Crippen LogP contribution is -2.49. The van der Waals surface area contributed by atoms with Gasteiger partial charge in [0, 0.05) is 57.4 Å². The summed E-state index contributed by atoms with van der Waals surface area (Å²) in [6, 6.07) is 8.28. The van der Waals surface area contributed by atoms with Crippen LogP contribution in [0.5, 0.6) is 11.6 Å². The van der Waals surface area contributed by atoms with Crippen LogP contribution in [0.3, 0.4) is 0 Å². The highest BCUT2D eigenvalue weighted by molar-refractivity contribution is 5.94. The molecule has 36 heavy (non-hydrogen) atoms. The van der Waals surface area contributed by atoms with Crippen molar-refractivity contribution < 1.29 is 22.7 Å². The fraction of sp³-hybridized carbons (Fsp3) is 0.261. The molecule has 1 saturated heterocycles. The standard InChI is InChI=1S/C23H20F3N7O3/c1-31-6-5-17-18(31)20(30-29-19(17)34)36-16-4-2-3-14(11-16)21(35)32-7-9-33(10-8-32)22-27-12-15(13-28-22)23(24,25)26/h2-6,11-13H,7-10H2,1H3,(H,29,34). The van der Waals surface area contributed by atoms with Gasteiger partial charge in [-0.1, -0.05) is 6.07 Å². The molecule has 0 saturated carbocycles. The molecule has 4 heterocycles. The van der Waals surface area contributed by atoms with Crippen molar-refractivity contribution in [2.45, 2.75) is 6.18 Å². The van der Waals surface area contributed by atoms with Crippen LogP contribution in [0.25, 0.3) is 10.9 Å². The number of hydrogen-bond donors (Lipinski definition) is 1. The van der Waals surface area contributed by atoms with E-state index in [0.29, 0.717) is 48.4 Å². The Hall–Kier alpha value is -4.42. The molecule has 0 aliphatic carbocycles. The number of hydrogen-bond acceptors (Lipinski definition) is 7. The first-order valence-electron chi connectivity index (χ1n) is 11.0. The maximum absolute atomic E-state index is 13.1. The molecule has 4 aromatic rings. The first kappa shape index (κ1) is 23.3. The average Bonchev–Trinajstić information content (AvgIpc) is 3.28. The maximum Gasteiger partial charge on any atom is 0.419 e. The number of H-pyrrole nitrogens is 1. The zero-order valence-corrected chi connectivity index (χ0v) is 19.0. The van der Waals surface area contributed by atoms with Crippen molar-refractivity contribution in [1.82, 2.24) is 29.6 Å². The quantitative estimate of drug-likeness (QED) is 0.460. The van der Waals surface area contributed by atoms with Gasteiger partial charge >= 0.3 is 6.18 Å². The van der Waals surface area contributed by atoms with E-state index in [1.54, 1.807) is 57.9 Å². The third-order valence-corrected chi connectivity index (χ3v) is 5.89. The van der Waals surface area contributed by atoms with Gasteiger partial charge in [-0.2, -0.15) is 13.2 Å². The van der Waals surface area contributed by atoms with Crippen LogP contribution < -0.4 is 15.2 Å². The zero-order chi connectivity index (χ0) is 25.4. The number of benzene rings is 1. The van der Waals surface area contributed by atoms with E-state index in [1.165, 1.54) is 0 Å². The van der Waals surface area contributed by atoms with E-state index in [0.717, 1.165) is 12.4 Å². The number of nitrogens with zero attached hydrogens (tertiary/aromatic N) is 6. The molecule has 5 rings (SSSR count). The second kappa shape index (κ2) is 8.98. The van der Waals surface area contributed by atoms with Crippen LogP contribution in [0.1, 0.15) is 15.9 Å². The molecule has 1 aliphatic heterocycles. The fourth-order valence-electron chi connectivity index (χ4n) is 3.99. The van der Waals surface area contributed by atoms with Gasteiger partial charge in [0.25, 0.3) is 17.3 Å². The van der Waals surface area contributed by atoms with Gasteiger partial charge in [-0.05, 0) is 24.3 Å². The minimum atomic E-state index is -4.50. The Morgan fingerprint density at radius 1 is 1.08 bits per heavy atom. The summed E-state index contributed by atoms with van der Waals surface area (Å²) in [5, 5.41) is 6.84. The second-order valence-corrected chi connectivity index (χ2v) is 8.23. The van der Waals surface area contributed by atoms with Crippen molar-refractivity contribution in [2.75, 3.05) is 31.1 Å². The van der Waals surface area contributed by atoms with E-state index in [1.807, 2.05) is 0 Å². The third-order valence-electron chi connectivity index (χ3n) is 5.89. The number of halogens is 3. The van der Waals surface area contributed by atoms with Crippen molar-refractivity contribution in [1.29, 1.82) is 0 Å². The Bertz CT molecular complexity index is 1470. The molecule has 0 radical (unpaired) electrons. The van der Waals surface area contributed by atoms with Crippen LogP contribution in [0.4, 0.5) is 19.1 Å². The summed E-state index contributed by atoms with van der Waals surface area (Å²) in [4.78, 5) is 36.1. The number of piperazine rings is 1.